The molecule has 0 saturated heterocycles. The maximum Gasteiger partial charge on any atom is 0.307 e. The molecule has 0 aromatic heterocycles. The summed E-state index contributed by atoms with van der Waals surface area (Å²) >= 11 is 5.24. The van der Waals surface area contributed by atoms with Crippen LogP contribution in [0.3, 0.4) is 0 Å². The fraction of sp³-hybridized carbons (Fsp3) is 0.818. The van der Waals surface area contributed by atoms with Crippen molar-refractivity contribution in [1.82, 2.24) is 0 Å². The quantitative estimate of drug-likeness (QED) is 0.731. The van der Waals surface area contributed by atoms with Gasteiger partial charge in [0.1, 0.15) is 0 Å². The van der Waals surface area contributed by atoms with Crippen LogP contribution in [0, 0.1) is 17.3 Å². The summed E-state index contributed by atoms with van der Waals surface area (Å²) in [6.07, 6.45) is 2.89. The second-order valence-electron chi connectivity index (χ2n) is 5.20. The van der Waals surface area contributed by atoms with E-state index in [1.54, 1.807) is 0 Å². The van der Waals surface area contributed by atoms with Crippen molar-refractivity contribution in [2.45, 2.75) is 40.0 Å². The lowest BCUT2D eigenvalue weighted by molar-refractivity contribution is -0.145. The molecule has 3 heteroatoms. The SMILES string of the molecule is CC(C)(C)[C@H](CC(=S)C1CC1)C(=O)O. The first-order valence-electron chi connectivity index (χ1n) is 5.08. The van der Waals surface area contributed by atoms with Crippen molar-refractivity contribution in [3.8, 4) is 0 Å². The zero-order chi connectivity index (χ0) is 10.9. The molecule has 0 unspecified atom stereocenters. The van der Waals surface area contributed by atoms with Crippen molar-refractivity contribution in [1.29, 1.82) is 0 Å². The van der Waals surface area contributed by atoms with E-state index < -0.39 is 5.97 Å². The van der Waals surface area contributed by atoms with E-state index in [4.69, 9.17) is 17.3 Å². The molecule has 0 aromatic carbocycles. The van der Waals surface area contributed by atoms with Gasteiger partial charge < -0.3 is 5.11 Å². The van der Waals surface area contributed by atoms with E-state index in [0.29, 0.717) is 12.3 Å². The van der Waals surface area contributed by atoms with Crippen molar-refractivity contribution >= 4 is 23.1 Å². The van der Waals surface area contributed by atoms with Crippen LogP contribution in [0.2, 0.25) is 0 Å². The van der Waals surface area contributed by atoms with Crippen LogP contribution in [0.5, 0.6) is 0 Å². The predicted octanol–water partition coefficient (Wildman–Crippen LogP) is 2.90. The zero-order valence-corrected chi connectivity index (χ0v) is 9.86. The molecule has 1 aliphatic rings. The molecule has 1 N–H and O–H groups in total. The molecule has 1 fully saturated rings. The van der Waals surface area contributed by atoms with Gasteiger partial charge in [-0.1, -0.05) is 33.0 Å². The van der Waals surface area contributed by atoms with Crippen LogP contribution >= 0.6 is 12.2 Å². The Morgan fingerprint density at radius 3 is 2.29 bits per heavy atom. The second kappa shape index (κ2) is 3.97. The van der Waals surface area contributed by atoms with Crippen LogP contribution in [-0.4, -0.2) is 15.9 Å². The summed E-state index contributed by atoms with van der Waals surface area (Å²) in [5, 5.41) is 9.10. The molecule has 0 bridgehead atoms. The molecular formula is C11H18O2S. The van der Waals surface area contributed by atoms with Crippen LogP contribution in [0.25, 0.3) is 0 Å². The predicted molar refractivity (Wildman–Crippen MR) is 60.5 cm³/mol. The number of carbonyl (C=O) groups is 1. The molecule has 0 aliphatic heterocycles. The number of carboxylic acid groups (broad SMARTS) is 1. The Morgan fingerprint density at radius 2 is 2.00 bits per heavy atom. The van der Waals surface area contributed by atoms with Gasteiger partial charge in [-0.15, -0.1) is 0 Å². The third-order valence-electron chi connectivity index (χ3n) is 2.78. The van der Waals surface area contributed by atoms with Gasteiger partial charge in [0.25, 0.3) is 0 Å². The van der Waals surface area contributed by atoms with Crippen molar-refractivity contribution < 1.29 is 9.90 Å². The lowest BCUT2D eigenvalue weighted by atomic mass is 9.78. The van der Waals surface area contributed by atoms with Gasteiger partial charge in [-0.05, 0) is 35.5 Å². The van der Waals surface area contributed by atoms with Gasteiger partial charge >= 0.3 is 5.97 Å². The summed E-state index contributed by atoms with van der Waals surface area (Å²) < 4.78 is 0. The van der Waals surface area contributed by atoms with E-state index in [0.717, 1.165) is 17.7 Å². The smallest absolute Gasteiger partial charge is 0.307 e. The normalized spacial score (nSPS) is 19.1. The Balaban J connectivity index is 2.59. The Morgan fingerprint density at radius 1 is 1.50 bits per heavy atom. The molecule has 0 spiro atoms. The van der Waals surface area contributed by atoms with Crippen LogP contribution in [0.4, 0.5) is 0 Å². The highest BCUT2D eigenvalue weighted by Gasteiger charge is 2.35. The average molecular weight is 214 g/mol. The lowest BCUT2D eigenvalue weighted by Gasteiger charge is -2.27. The third kappa shape index (κ3) is 3.05. The van der Waals surface area contributed by atoms with E-state index in [-0.39, 0.29) is 11.3 Å². The van der Waals surface area contributed by atoms with E-state index in [1.165, 1.54) is 0 Å². The Hall–Kier alpha value is -0.440. The Bertz CT molecular complexity index is 249. The minimum absolute atomic E-state index is 0.204. The van der Waals surface area contributed by atoms with Crippen molar-refractivity contribution in [3.05, 3.63) is 0 Å². The summed E-state index contributed by atoms with van der Waals surface area (Å²) in [5.41, 5.74) is -0.204. The molecule has 0 amide bonds. The summed E-state index contributed by atoms with van der Waals surface area (Å²) in [4.78, 5) is 12.0. The summed E-state index contributed by atoms with van der Waals surface area (Å²) in [7, 11) is 0. The Labute approximate surface area is 90.7 Å². The molecule has 14 heavy (non-hydrogen) atoms. The van der Waals surface area contributed by atoms with Gasteiger partial charge in [-0.2, -0.15) is 0 Å². The summed E-state index contributed by atoms with van der Waals surface area (Å²) in [6.45, 7) is 5.88. The first kappa shape index (κ1) is 11.6. The Kier molecular flexibility index (Phi) is 3.30. The molecule has 0 radical (unpaired) electrons. The molecule has 1 atom stereocenters. The zero-order valence-electron chi connectivity index (χ0n) is 9.04. The van der Waals surface area contributed by atoms with E-state index in [1.807, 2.05) is 20.8 Å². The van der Waals surface area contributed by atoms with Gasteiger partial charge in [-0.3, -0.25) is 4.79 Å². The standard InChI is InChI=1S/C11H18O2S/c1-11(2,3)8(10(12)13)6-9(14)7-4-5-7/h7-8H,4-6H2,1-3H3,(H,12,13)/t8-/m1/s1. The van der Waals surface area contributed by atoms with Crippen molar-refractivity contribution in [3.63, 3.8) is 0 Å². The van der Waals surface area contributed by atoms with E-state index >= 15 is 0 Å². The highest BCUT2D eigenvalue weighted by molar-refractivity contribution is 7.80. The summed E-state index contributed by atoms with van der Waals surface area (Å²) in [5.74, 6) is -0.523. The maximum atomic E-state index is 11.1. The molecule has 2 nitrogen and oxygen atoms in total. The minimum atomic E-state index is -0.722. The van der Waals surface area contributed by atoms with Crippen LogP contribution < -0.4 is 0 Å². The first-order chi connectivity index (χ1) is 6.32. The number of thiocarbonyl (C=S) groups is 1. The number of hydrogen-bond donors (Lipinski definition) is 1. The maximum absolute atomic E-state index is 11.1. The first-order valence-corrected chi connectivity index (χ1v) is 5.48. The van der Waals surface area contributed by atoms with Crippen LogP contribution in [0.15, 0.2) is 0 Å². The van der Waals surface area contributed by atoms with Crippen LogP contribution in [-0.2, 0) is 4.79 Å². The molecule has 0 aromatic rings. The van der Waals surface area contributed by atoms with Gasteiger partial charge in [0.05, 0.1) is 5.92 Å². The molecular weight excluding hydrogens is 196 g/mol. The molecule has 80 valence electrons. The van der Waals surface area contributed by atoms with E-state index in [9.17, 15) is 4.79 Å². The second-order valence-corrected chi connectivity index (χ2v) is 5.73. The lowest BCUT2D eigenvalue weighted by Crippen LogP contribution is -2.30. The molecule has 1 rings (SSSR count). The summed E-state index contributed by atoms with van der Waals surface area (Å²) in [6, 6.07) is 0. The largest absolute Gasteiger partial charge is 0.481 e. The molecule has 0 heterocycles. The highest BCUT2D eigenvalue weighted by atomic mass is 32.1. The highest BCUT2D eigenvalue weighted by Crippen LogP contribution is 2.37. The molecule has 1 aliphatic carbocycles. The van der Waals surface area contributed by atoms with Crippen molar-refractivity contribution in [2.24, 2.45) is 17.3 Å². The van der Waals surface area contributed by atoms with Gasteiger partial charge in [-0.25, -0.2) is 0 Å². The monoisotopic (exact) mass is 214 g/mol. The van der Waals surface area contributed by atoms with Crippen molar-refractivity contribution in [2.75, 3.05) is 0 Å². The minimum Gasteiger partial charge on any atom is -0.481 e. The van der Waals surface area contributed by atoms with Crippen LogP contribution in [0.1, 0.15) is 40.0 Å². The molecule has 1 saturated carbocycles. The number of carboxylic acids is 1. The van der Waals surface area contributed by atoms with E-state index in [2.05, 4.69) is 0 Å². The number of aliphatic carboxylic acids is 1. The number of rotatable bonds is 4. The van der Waals surface area contributed by atoms with Gasteiger partial charge in [0.2, 0.25) is 0 Å². The number of hydrogen-bond acceptors (Lipinski definition) is 2. The fourth-order valence-corrected chi connectivity index (χ4v) is 1.94. The van der Waals surface area contributed by atoms with Gasteiger partial charge in [0, 0.05) is 0 Å². The van der Waals surface area contributed by atoms with Gasteiger partial charge in [0.15, 0.2) is 0 Å². The fourth-order valence-electron chi connectivity index (χ4n) is 1.54. The average Bonchev–Trinajstić information content (AvgIpc) is 2.78. The third-order valence-corrected chi connectivity index (χ3v) is 3.28. The topological polar surface area (TPSA) is 37.3 Å².